The van der Waals surface area contributed by atoms with Gasteiger partial charge in [-0.3, -0.25) is 14.5 Å². The van der Waals surface area contributed by atoms with Crippen molar-refractivity contribution >= 4 is 11.8 Å². The average Bonchev–Trinajstić information content (AvgIpc) is 3.18. The molecule has 5 aliphatic rings. The van der Waals surface area contributed by atoms with Gasteiger partial charge < -0.3 is 14.7 Å². The minimum atomic E-state index is -1.14. The van der Waals surface area contributed by atoms with Crippen LogP contribution in [-0.4, -0.2) is 77.1 Å². The zero-order valence-electron chi connectivity index (χ0n) is 19.4. The fourth-order valence-corrected chi connectivity index (χ4v) is 7.85. The van der Waals surface area contributed by atoms with Crippen molar-refractivity contribution in [1.29, 1.82) is 0 Å². The first-order valence-corrected chi connectivity index (χ1v) is 12.8. The number of aliphatic hydroxyl groups is 1. The number of hydrogen-bond acceptors (Lipinski definition) is 6. The van der Waals surface area contributed by atoms with E-state index in [9.17, 15) is 14.7 Å². The van der Waals surface area contributed by atoms with Crippen LogP contribution in [0.5, 0.6) is 0 Å². The number of carbonyl (C=O) groups is 2. The minimum absolute atomic E-state index is 0.0100. The van der Waals surface area contributed by atoms with Gasteiger partial charge in [-0.15, -0.1) is 0 Å². The molecule has 31 heavy (non-hydrogen) atoms. The third-order valence-corrected chi connectivity index (χ3v) is 9.74. The predicted octanol–water partition coefficient (Wildman–Crippen LogP) is 2.62. The van der Waals surface area contributed by atoms with Crippen LogP contribution in [0.1, 0.15) is 71.6 Å². The fourth-order valence-electron chi connectivity index (χ4n) is 7.85. The normalized spacial score (nSPS) is 47.0. The Balaban J connectivity index is 1.46. The maximum absolute atomic E-state index is 13.6. The van der Waals surface area contributed by atoms with Crippen molar-refractivity contribution in [3.05, 3.63) is 0 Å². The smallest absolute Gasteiger partial charge is 0.310 e. The molecule has 7 atom stereocenters. The summed E-state index contributed by atoms with van der Waals surface area (Å²) in [4.78, 5) is 31.5. The van der Waals surface area contributed by atoms with Gasteiger partial charge in [0.2, 0.25) is 0 Å². The molecule has 1 N–H and O–H groups in total. The molecule has 3 aliphatic heterocycles. The quantitative estimate of drug-likeness (QED) is 0.692. The first kappa shape index (κ1) is 21.8. The zero-order valence-corrected chi connectivity index (χ0v) is 19.4. The van der Waals surface area contributed by atoms with E-state index in [2.05, 4.69) is 16.7 Å². The summed E-state index contributed by atoms with van der Waals surface area (Å²) in [5.41, 5.74) is -2.15. The Hall–Kier alpha value is -0.980. The molecular formula is C25H40N2O4. The van der Waals surface area contributed by atoms with Crippen LogP contribution < -0.4 is 0 Å². The first-order valence-electron chi connectivity index (χ1n) is 12.8. The third-order valence-electron chi connectivity index (χ3n) is 9.74. The maximum atomic E-state index is 13.6. The molecule has 5 rings (SSSR count). The van der Waals surface area contributed by atoms with Gasteiger partial charge in [-0.1, -0.05) is 19.8 Å². The highest BCUT2D eigenvalue weighted by atomic mass is 16.6. The van der Waals surface area contributed by atoms with Gasteiger partial charge in [0.15, 0.2) is 0 Å². The van der Waals surface area contributed by atoms with Crippen LogP contribution in [0, 0.1) is 23.2 Å². The number of ether oxygens (including phenoxy) is 1. The molecule has 174 valence electrons. The van der Waals surface area contributed by atoms with Gasteiger partial charge in [0.05, 0.1) is 16.9 Å². The van der Waals surface area contributed by atoms with E-state index < -0.39 is 17.1 Å². The van der Waals surface area contributed by atoms with E-state index in [-0.39, 0.29) is 35.5 Å². The first-order chi connectivity index (χ1) is 14.9. The number of hydrogen-bond donors (Lipinski definition) is 1. The molecule has 5 unspecified atom stereocenters. The van der Waals surface area contributed by atoms with Crippen molar-refractivity contribution < 1.29 is 19.4 Å². The maximum Gasteiger partial charge on any atom is 0.310 e. The summed E-state index contributed by atoms with van der Waals surface area (Å²) < 4.78 is 6.07. The summed E-state index contributed by atoms with van der Waals surface area (Å²) in [5, 5.41) is 12.4. The van der Waals surface area contributed by atoms with Crippen molar-refractivity contribution in [2.75, 3.05) is 32.7 Å². The molecule has 0 radical (unpaired) electrons. The summed E-state index contributed by atoms with van der Waals surface area (Å²) in [6.07, 6.45) is 8.74. The van der Waals surface area contributed by atoms with Gasteiger partial charge in [-0.25, -0.2) is 0 Å². The van der Waals surface area contributed by atoms with Crippen molar-refractivity contribution in [3.63, 3.8) is 0 Å². The Morgan fingerprint density at radius 3 is 2.32 bits per heavy atom. The molecule has 3 saturated heterocycles. The van der Waals surface area contributed by atoms with Crippen LogP contribution in [0.15, 0.2) is 0 Å². The summed E-state index contributed by atoms with van der Waals surface area (Å²) in [6, 6.07) is -0.154. The molecule has 6 nitrogen and oxygen atoms in total. The fraction of sp³-hybridized carbons (Fsp3) is 0.920. The second kappa shape index (κ2) is 8.11. The van der Waals surface area contributed by atoms with Crippen molar-refractivity contribution in [2.45, 2.75) is 89.4 Å². The van der Waals surface area contributed by atoms with E-state index in [4.69, 9.17) is 4.74 Å². The van der Waals surface area contributed by atoms with E-state index in [1.54, 1.807) is 0 Å². The standard InChI is InChI=1S/C25H40N2O4/c1-17-9-10-18-19(16-26-11-5-3-6-12-26)23(29)31-22(18)24(2)21(28)15-20(25(17,24)30)27-13-7-4-8-14-27/h17-20,22,30H,3-16H2,1-2H3/t17-,18?,19?,20?,22?,24-,25?/m0/s1. The summed E-state index contributed by atoms with van der Waals surface area (Å²) in [7, 11) is 0. The van der Waals surface area contributed by atoms with Gasteiger partial charge in [-0.2, -0.15) is 0 Å². The number of Topliss-reactive ketones (excluding diaryl/α,β-unsaturated/α-hetero) is 1. The predicted molar refractivity (Wildman–Crippen MR) is 117 cm³/mol. The lowest BCUT2D eigenvalue weighted by molar-refractivity contribution is -0.182. The van der Waals surface area contributed by atoms with Crippen LogP contribution in [0.4, 0.5) is 0 Å². The Kier molecular flexibility index (Phi) is 5.71. The van der Waals surface area contributed by atoms with E-state index >= 15 is 0 Å². The average molecular weight is 433 g/mol. The monoisotopic (exact) mass is 432 g/mol. The van der Waals surface area contributed by atoms with Crippen molar-refractivity contribution in [1.82, 2.24) is 9.80 Å². The molecule has 3 heterocycles. The summed E-state index contributed by atoms with van der Waals surface area (Å²) in [6.45, 7) is 8.80. The number of fused-ring (bicyclic) bond motifs is 3. The highest BCUT2D eigenvalue weighted by Crippen LogP contribution is 2.60. The van der Waals surface area contributed by atoms with E-state index in [1.807, 2.05) is 6.92 Å². The molecule has 5 fully saturated rings. The second-order valence-corrected chi connectivity index (χ2v) is 11.2. The SMILES string of the molecule is C[C@H]1CCC2C(CN3CCCCC3)C(=O)OC2[C@]2(C)C(=O)CC(N3CCCCC3)C12O. The van der Waals surface area contributed by atoms with E-state index in [0.717, 1.165) is 58.4 Å². The number of nitrogens with zero attached hydrogens (tertiary/aromatic N) is 2. The van der Waals surface area contributed by atoms with Crippen LogP contribution in [0.3, 0.4) is 0 Å². The lowest BCUT2D eigenvalue weighted by Crippen LogP contribution is -2.64. The number of rotatable bonds is 3. The van der Waals surface area contributed by atoms with Crippen molar-refractivity contribution in [3.8, 4) is 0 Å². The van der Waals surface area contributed by atoms with Crippen LogP contribution in [0.2, 0.25) is 0 Å². The molecule has 0 aromatic heterocycles. The number of piperidine rings is 2. The second-order valence-electron chi connectivity index (χ2n) is 11.2. The zero-order chi connectivity index (χ0) is 21.8. The lowest BCUT2D eigenvalue weighted by Gasteiger charge is -2.49. The molecule has 0 spiro atoms. The molecule has 0 aromatic rings. The number of ketones is 1. The number of esters is 1. The van der Waals surface area contributed by atoms with Crippen molar-refractivity contribution in [2.24, 2.45) is 23.2 Å². The Morgan fingerprint density at radius 1 is 1.00 bits per heavy atom. The minimum Gasteiger partial charge on any atom is -0.461 e. The van der Waals surface area contributed by atoms with Gasteiger partial charge >= 0.3 is 5.97 Å². The molecule has 0 amide bonds. The molecule has 6 heteroatoms. The largest absolute Gasteiger partial charge is 0.461 e. The molecular weight excluding hydrogens is 392 g/mol. The topological polar surface area (TPSA) is 70.1 Å². The van der Waals surface area contributed by atoms with Gasteiger partial charge in [-0.05, 0) is 77.5 Å². The van der Waals surface area contributed by atoms with Crippen LogP contribution in [0.25, 0.3) is 0 Å². The molecule has 2 saturated carbocycles. The molecule has 2 aliphatic carbocycles. The highest BCUT2D eigenvalue weighted by molar-refractivity contribution is 5.92. The Morgan fingerprint density at radius 2 is 1.65 bits per heavy atom. The highest BCUT2D eigenvalue weighted by Gasteiger charge is 2.73. The van der Waals surface area contributed by atoms with E-state index in [1.165, 1.54) is 25.7 Å². The molecule has 0 aromatic carbocycles. The lowest BCUT2D eigenvalue weighted by atomic mass is 9.63. The molecule has 0 bridgehead atoms. The van der Waals surface area contributed by atoms with Gasteiger partial charge in [0.1, 0.15) is 11.9 Å². The van der Waals surface area contributed by atoms with Crippen LogP contribution >= 0.6 is 0 Å². The Labute approximate surface area is 186 Å². The van der Waals surface area contributed by atoms with E-state index in [0.29, 0.717) is 6.42 Å². The summed E-state index contributed by atoms with van der Waals surface area (Å²) >= 11 is 0. The van der Waals surface area contributed by atoms with Gasteiger partial charge in [0, 0.05) is 24.9 Å². The van der Waals surface area contributed by atoms with Gasteiger partial charge in [0.25, 0.3) is 0 Å². The van der Waals surface area contributed by atoms with Crippen LogP contribution in [-0.2, 0) is 14.3 Å². The summed E-state index contributed by atoms with van der Waals surface area (Å²) in [5.74, 6) is -0.180. The number of likely N-dealkylation sites (tertiary alicyclic amines) is 2. The number of carbonyl (C=O) groups excluding carboxylic acids is 2. The Bertz CT molecular complexity index is 716. The third kappa shape index (κ3) is 3.23.